The number of rotatable bonds is 4. The topological polar surface area (TPSA) is 59.3 Å². The predicted molar refractivity (Wildman–Crippen MR) is 113 cm³/mol. The summed E-state index contributed by atoms with van der Waals surface area (Å²) in [5, 5.41) is 8.41. The Morgan fingerprint density at radius 2 is 2.00 bits per heavy atom. The molecule has 0 atom stereocenters. The molecule has 154 valence electrons. The number of thiophene rings is 1. The number of halogens is 4. The van der Waals surface area contributed by atoms with Gasteiger partial charge in [0, 0.05) is 5.69 Å². The molecule has 0 unspecified atom stereocenters. The molecule has 30 heavy (non-hydrogen) atoms. The first kappa shape index (κ1) is 20.5. The lowest BCUT2D eigenvalue weighted by atomic mass is 10.1. The van der Waals surface area contributed by atoms with E-state index >= 15 is 0 Å². The number of aromatic nitrogens is 3. The van der Waals surface area contributed by atoms with Crippen LogP contribution < -0.4 is 5.32 Å². The van der Waals surface area contributed by atoms with Crippen LogP contribution in [0.2, 0.25) is 0 Å². The normalized spacial score (nSPS) is 11.8. The number of hydrogen-bond acceptors (Lipinski definition) is 4. The summed E-state index contributed by atoms with van der Waals surface area (Å²) in [6, 6.07) is 11.6. The Hall–Kier alpha value is -2.72. The molecule has 0 saturated carbocycles. The average Bonchev–Trinajstić information content (AvgIpc) is 3.35. The molecule has 0 aliphatic carbocycles. The Balaban J connectivity index is 1.84. The van der Waals surface area contributed by atoms with Crippen LogP contribution in [0.4, 0.5) is 18.9 Å². The van der Waals surface area contributed by atoms with Crippen molar-refractivity contribution in [3.05, 3.63) is 69.3 Å². The fourth-order valence-corrected chi connectivity index (χ4v) is 4.22. The zero-order chi connectivity index (χ0) is 21.5. The monoisotopic (exact) mass is 494 g/mol. The summed E-state index contributed by atoms with van der Waals surface area (Å²) in [4.78, 5) is 17.7. The molecule has 0 spiro atoms. The van der Waals surface area contributed by atoms with Crippen LogP contribution in [-0.2, 0) is 12.6 Å². The number of nitrogens with zero attached hydrogens (tertiary/aromatic N) is 3. The number of amides is 1. The van der Waals surface area contributed by atoms with Crippen LogP contribution in [0.5, 0.6) is 0 Å². The minimum atomic E-state index is -4.68. The molecule has 0 bridgehead atoms. The maximum Gasteiger partial charge on any atom is 0.433 e. The van der Waals surface area contributed by atoms with E-state index in [1.807, 2.05) is 19.1 Å². The van der Waals surface area contributed by atoms with Gasteiger partial charge in [-0.3, -0.25) is 4.79 Å². The van der Waals surface area contributed by atoms with Gasteiger partial charge in [0.05, 0.1) is 15.0 Å². The molecule has 0 aliphatic rings. The summed E-state index contributed by atoms with van der Waals surface area (Å²) >= 11 is 4.50. The smallest absolute Gasteiger partial charge is 0.320 e. The predicted octanol–water partition coefficient (Wildman–Crippen LogP) is 6.05. The van der Waals surface area contributed by atoms with Crippen LogP contribution >= 0.6 is 27.3 Å². The minimum Gasteiger partial charge on any atom is -0.320 e. The lowest BCUT2D eigenvalue weighted by Gasteiger charge is -2.10. The molecular weight excluding hydrogens is 481 g/mol. The third-order valence-electron chi connectivity index (χ3n) is 4.46. The molecule has 10 heteroatoms. The molecule has 5 nitrogen and oxygen atoms in total. The van der Waals surface area contributed by atoms with Gasteiger partial charge in [-0.05, 0) is 51.5 Å². The minimum absolute atomic E-state index is 0.0813. The van der Waals surface area contributed by atoms with Crippen molar-refractivity contribution in [1.29, 1.82) is 0 Å². The summed E-state index contributed by atoms with van der Waals surface area (Å²) in [7, 11) is 0. The standard InChI is InChI=1S/C20H14BrF3N4OS/c1-2-11-6-3-4-7-12(11)26-19(29)17-16(21)18-25-13(14-8-5-9-30-14)10-15(20(22,23)24)28(18)27-17/h3-10H,2H2,1H3,(H,26,29). The highest BCUT2D eigenvalue weighted by atomic mass is 79.9. The maximum absolute atomic E-state index is 13.7. The summed E-state index contributed by atoms with van der Waals surface area (Å²) in [6.45, 7) is 1.94. The molecule has 4 rings (SSSR count). The van der Waals surface area contributed by atoms with E-state index in [1.165, 1.54) is 11.3 Å². The van der Waals surface area contributed by atoms with Crippen LogP contribution in [0.3, 0.4) is 0 Å². The first-order valence-corrected chi connectivity index (χ1v) is 10.6. The molecule has 0 radical (unpaired) electrons. The van der Waals surface area contributed by atoms with Crippen molar-refractivity contribution in [2.75, 3.05) is 5.32 Å². The number of aryl methyl sites for hydroxylation is 1. The van der Waals surface area contributed by atoms with Gasteiger partial charge in [-0.25, -0.2) is 9.50 Å². The van der Waals surface area contributed by atoms with Crippen molar-refractivity contribution in [2.24, 2.45) is 0 Å². The van der Waals surface area contributed by atoms with Crippen molar-refractivity contribution in [1.82, 2.24) is 14.6 Å². The summed E-state index contributed by atoms with van der Waals surface area (Å²) in [6.07, 6.45) is -3.99. The van der Waals surface area contributed by atoms with E-state index in [2.05, 4.69) is 31.3 Å². The Bertz CT molecular complexity index is 1240. The first-order valence-electron chi connectivity index (χ1n) is 8.89. The lowest BCUT2D eigenvalue weighted by molar-refractivity contribution is -0.142. The zero-order valence-electron chi connectivity index (χ0n) is 15.5. The number of alkyl halides is 3. The highest BCUT2D eigenvalue weighted by Gasteiger charge is 2.36. The third-order valence-corrected chi connectivity index (χ3v) is 6.08. The van der Waals surface area contributed by atoms with E-state index in [0.29, 0.717) is 21.5 Å². The third kappa shape index (κ3) is 3.72. The van der Waals surface area contributed by atoms with Crippen LogP contribution in [0.25, 0.3) is 16.2 Å². The van der Waals surface area contributed by atoms with E-state index in [1.54, 1.807) is 29.6 Å². The van der Waals surface area contributed by atoms with Gasteiger partial charge in [0.15, 0.2) is 17.0 Å². The molecule has 0 fully saturated rings. The summed E-state index contributed by atoms with van der Waals surface area (Å²) in [5.41, 5.74) is 0.375. The Kier molecular flexibility index (Phi) is 5.37. The number of carbonyl (C=O) groups excluding carboxylic acids is 1. The second-order valence-electron chi connectivity index (χ2n) is 6.36. The molecule has 0 aliphatic heterocycles. The van der Waals surface area contributed by atoms with Gasteiger partial charge in [0.25, 0.3) is 5.91 Å². The van der Waals surface area contributed by atoms with Crippen molar-refractivity contribution in [3.8, 4) is 10.6 Å². The molecule has 1 N–H and O–H groups in total. The van der Waals surface area contributed by atoms with Crippen molar-refractivity contribution < 1.29 is 18.0 Å². The Morgan fingerprint density at radius 1 is 1.23 bits per heavy atom. The van der Waals surface area contributed by atoms with Gasteiger partial charge in [0.2, 0.25) is 0 Å². The quantitative estimate of drug-likeness (QED) is 0.375. The van der Waals surface area contributed by atoms with Crippen molar-refractivity contribution in [3.63, 3.8) is 0 Å². The van der Waals surface area contributed by atoms with Gasteiger partial charge < -0.3 is 5.32 Å². The molecule has 4 aromatic rings. The summed E-state index contributed by atoms with van der Waals surface area (Å²) < 4.78 is 41.9. The SMILES string of the molecule is CCc1ccccc1NC(=O)c1nn2c(C(F)(F)F)cc(-c3cccs3)nc2c1Br. The molecule has 1 aromatic carbocycles. The number of benzene rings is 1. The fraction of sp³-hybridized carbons (Fsp3) is 0.150. The molecule has 0 saturated heterocycles. The largest absolute Gasteiger partial charge is 0.433 e. The molecule has 1 amide bonds. The number of carbonyl (C=O) groups is 1. The van der Waals surface area contributed by atoms with E-state index < -0.39 is 17.8 Å². The van der Waals surface area contributed by atoms with E-state index in [0.717, 1.165) is 11.6 Å². The second kappa shape index (κ2) is 7.84. The number of nitrogens with one attached hydrogen (secondary N) is 1. The molecular formula is C20H14BrF3N4OS. The van der Waals surface area contributed by atoms with Crippen molar-refractivity contribution >= 4 is 44.5 Å². The lowest BCUT2D eigenvalue weighted by Crippen LogP contribution is -2.16. The van der Waals surface area contributed by atoms with Crippen LogP contribution in [-0.4, -0.2) is 20.5 Å². The summed E-state index contributed by atoms with van der Waals surface area (Å²) in [5.74, 6) is -0.626. The highest BCUT2D eigenvalue weighted by molar-refractivity contribution is 9.10. The van der Waals surface area contributed by atoms with Gasteiger partial charge >= 0.3 is 6.18 Å². The van der Waals surface area contributed by atoms with Gasteiger partial charge in [-0.2, -0.15) is 18.3 Å². The second-order valence-corrected chi connectivity index (χ2v) is 8.11. The number of anilines is 1. The van der Waals surface area contributed by atoms with Crippen LogP contribution in [0, 0.1) is 0 Å². The maximum atomic E-state index is 13.7. The Morgan fingerprint density at radius 3 is 2.67 bits per heavy atom. The van der Waals surface area contributed by atoms with E-state index in [9.17, 15) is 18.0 Å². The van der Waals surface area contributed by atoms with Gasteiger partial charge in [-0.1, -0.05) is 31.2 Å². The number of fused-ring (bicyclic) bond motifs is 1. The average molecular weight is 495 g/mol. The molecule has 3 aromatic heterocycles. The fourth-order valence-electron chi connectivity index (χ4n) is 3.02. The van der Waals surface area contributed by atoms with Crippen LogP contribution in [0.1, 0.15) is 28.7 Å². The zero-order valence-corrected chi connectivity index (χ0v) is 17.9. The van der Waals surface area contributed by atoms with Crippen molar-refractivity contribution in [2.45, 2.75) is 19.5 Å². The van der Waals surface area contributed by atoms with E-state index in [-0.39, 0.29) is 21.5 Å². The number of hydrogen-bond donors (Lipinski definition) is 1. The Labute approximate surface area is 181 Å². The highest BCUT2D eigenvalue weighted by Crippen LogP contribution is 2.35. The molecule has 3 heterocycles. The van der Waals surface area contributed by atoms with E-state index in [4.69, 9.17) is 0 Å². The van der Waals surface area contributed by atoms with Crippen LogP contribution in [0.15, 0.2) is 52.3 Å². The van der Waals surface area contributed by atoms with Gasteiger partial charge in [-0.15, -0.1) is 11.3 Å². The first-order chi connectivity index (χ1) is 14.3. The number of para-hydroxylation sites is 1. The van der Waals surface area contributed by atoms with Gasteiger partial charge in [0.1, 0.15) is 0 Å².